The summed E-state index contributed by atoms with van der Waals surface area (Å²) in [5.74, 6) is 0.460. The lowest BCUT2D eigenvalue weighted by Crippen LogP contribution is -2.38. The second-order valence-electron chi connectivity index (χ2n) is 7.75. The standard InChI is InChI=1S/C25H30ClN3O2/c1-4-6-7-12-17-29(24(30)19-13-8-10-15-21(19)26)18(3)23-27-22-16-11-9-14-20(22)25(31)28(23)5-2/h8-11,13-16,18H,4-7,12,17H2,1-3H3. The van der Waals surface area contributed by atoms with Gasteiger partial charge in [0.2, 0.25) is 0 Å². The minimum Gasteiger partial charge on any atom is -0.329 e. The van der Waals surface area contributed by atoms with Crippen molar-refractivity contribution in [3.63, 3.8) is 0 Å². The normalized spacial score (nSPS) is 12.1. The van der Waals surface area contributed by atoms with Crippen LogP contribution in [-0.4, -0.2) is 26.9 Å². The van der Waals surface area contributed by atoms with E-state index in [9.17, 15) is 9.59 Å². The molecular weight excluding hydrogens is 410 g/mol. The Morgan fingerprint density at radius 2 is 1.77 bits per heavy atom. The Hall–Kier alpha value is -2.66. The maximum atomic E-state index is 13.5. The molecule has 164 valence electrons. The first-order valence-corrected chi connectivity index (χ1v) is 11.4. The molecule has 1 atom stereocenters. The average Bonchev–Trinajstić information content (AvgIpc) is 2.78. The molecule has 0 aliphatic rings. The van der Waals surface area contributed by atoms with Crippen LogP contribution in [0.1, 0.15) is 68.7 Å². The fourth-order valence-electron chi connectivity index (χ4n) is 3.92. The topological polar surface area (TPSA) is 55.2 Å². The van der Waals surface area contributed by atoms with Crippen molar-refractivity contribution in [1.29, 1.82) is 0 Å². The van der Waals surface area contributed by atoms with E-state index < -0.39 is 0 Å². The number of fused-ring (bicyclic) bond motifs is 1. The highest BCUT2D eigenvalue weighted by Gasteiger charge is 2.27. The van der Waals surface area contributed by atoms with Gasteiger partial charge in [0.25, 0.3) is 11.5 Å². The molecule has 3 rings (SSSR count). The zero-order valence-electron chi connectivity index (χ0n) is 18.5. The van der Waals surface area contributed by atoms with Crippen LogP contribution in [0.3, 0.4) is 0 Å². The second-order valence-corrected chi connectivity index (χ2v) is 8.16. The molecule has 0 saturated heterocycles. The van der Waals surface area contributed by atoms with E-state index in [-0.39, 0.29) is 17.5 Å². The van der Waals surface area contributed by atoms with Gasteiger partial charge in [0.15, 0.2) is 0 Å². The smallest absolute Gasteiger partial charge is 0.261 e. The third kappa shape index (κ3) is 4.99. The molecule has 0 N–H and O–H groups in total. The summed E-state index contributed by atoms with van der Waals surface area (Å²) in [5.41, 5.74) is 1.04. The van der Waals surface area contributed by atoms with E-state index in [4.69, 9.17) is 16.6 Å². The minimum atomic E-state index is -0.373. The quantitative estimate of drug-likeness (QED) is 0.393. The van der Waals surface area contributed by atoms with Gasteiger partial charge in [0, 0.05) is 13.1 Å². The van der Waals surface area contributed by atoms with E-state index in [1.54, 1.807) is 27.7 Å². The number of halogens is 1. The highest BCUT2D eigenvalue weighted by molar-refractivity contribution is 6.33. The largest absolute Gasteiger partial charge is 0.329 e. The van der Waals surface area contributed by atoms with Crippen molar-refractivity contribution in [3.05, 3.63) is 75.3 Å². The molecule has 0 bridgehead atoms. The third-order valence-corrected chi connectivity index (χ3v) is 6.00. The first kappa shape index (κ1) is 23.0. The molecule has 0 fully saturated rings. The highest BCUT2D eigenvalue weighted by atomic mass is 35.5. The number of para-hydroxylation sites is 1. The van der Waals surface area contributed by atoms with E-state index in [0.717, 1.165) is 25.7 Å². The average molecular weight is 440 g/mol. The van der Waals surface area contributed by atoms with Crippen LogP contribution in [0, 0.1) is 0 Å². The lowest BCUT2D eigenvalue weighted by molar-refractivity contribution is 0.0675. The summed E-state index contributed by atoms with van der Waals surface area (Å²) < 4.78 is 1.67. The van der Waals surface area contributed by atoms with Crippen LogP contribution >= 0.6 is 11.6 Å². The van der Waals surface area contributed by atoms with Crippen molar-refractivity contribution in [1.82, 2.24) is 14.5 Å². The van der Waals surface area contributed by atoms with Crippen molar-refractivity contribution in [2.75, 3.05) is 6.54 Å². The molecule has 1 aromatic heterocycles. The number of nitrogens with zero attached hydrogens (tertiary/aromatic N) is 3. The van der Waals surface area contributed by atoms with Crippen LogP contribution < -0.4 is 5.56 Å². The molecule has 2 aromatic carbocycles. The van der Waals surface area contributed by atoms with E-state index >= 15 is 0 Å². The molecule has 5 nitrogen and oxygen atoms in total. The van der Waals surface area contributed by atoms with Gasteiger partial charge in [-0.1, -0.05) is 62.1 Å². The molecule has 6 heteroatoms. The number of hydrogen-bond acceptors (Lipinski definition) is 3. The van der Waals surface area contributed by atoms with Crippen molar-refractivity contribution in [3.8, 4) is 0 Å². The summed E-state index contributed by atoms with van der Waals surface area (Å²) in [6, 6.07) is 14.1. The van der Waals surface area contributed by atoms with Gasteiger partial charge in [0.05, 0.1) is 27.5 Å². The lowest BCUT2D eigenvalue weighted by Gasteiger charge is -2.31. The molecular formula is C25H30ClN3O2. The van der Waals surface area contributed by atoms with E-state index in [0.29, 0.717) is 40.4 Å². The Balaban J connectivity index is 2.05. The van der Waals surface area contributed by atoms with Crippen LogP contribution in [0.15, 0.2) is 53.3 Å². The first-order valence-electron chi connectivity index (χ1n) is 11.0. The summed E-state index contributed by atoms with van der Waals surface area (Å²) >= 11 is 6.34. The van der Waals surface area contributed by atoms with Crippen LogP contribution in [0.2, 0.25) is 5.02 Å². The number of aromatic nitrogens is 2. The Morgan fingerprint density at radius 1 is 1.06 bits per heavy atom. The first-order chi connectivity index (χ1) is 15.0. The van der Waals surface area contributed by atoms with Gasteiger partial charge in [-0.25, -0.2) is 4.98 Å². The zero-order valence-corrected chi connectivity index (χ0v) is 19.2. The fraction of sp³-hybridized carbons (Fsp3) is 0.400. The summed E-state index contributed by atoms with van der Waals surface area (Å²) in [6.07, 6.45) is 4.17. The SMILES string of the molecule is CCCCCCN(C(=O)c1ccccc1Cl)C(C)c1nc2ccccc2c(=O)n1CC. The van der Waals surface area contributed by atoms with Crippen LogP contribution in [0.4, 0.5) is 0 Å². The van der Waals surface area contributed by atoms with E-state index in [1.165, 1.54) is 0 Å². The van der Waals surface area contributed by atoms with Gasteiger partial charge in [-0.15, -0.1) is 0 Å². The Morgan fingerprint density at radius 3 is 2.48 bits per heavy atom. The highest BCUT2D eigenvalue weighted by Crippen LogP contribution is 2.25. The molecule has 31 heavy (non-hydrogen) atoms. The van der Waals surface area contributed by atoms with Gasteiger partial charge >= 0.3 is 0 Å². The van der Waals surface area contributed by atoms with Crippen LogP contribution in [0.25, 0.3) is 10.9 Å². The van der Waals surface area contributed by atoms with Crippen LogP contribution in [-0.2, 0) is 6.54 Å². The zero-order chi connectivity index (χ0) is 22.4. The maximum absolute atomic E-state index is 13.5. The number of carbonyl (C=O) groups excluding carboxylic acids is 1. The number of benzene rings is 2. The molecule has 1 amide bonds. The molecule has 0 aliphatic carbocycles. The van der Waals surface area contributed by atoms with Crippen molar-refractivity contribution < 1.29 is 4.79 Å². The van der Waals surface area contributed by atoms with Gasteiger partial charge in [-0.3, -0.25) is 14.2 Å². The van der Waals surface area contributed by atoms with Gasteiger partial charge in [-0.05, 0) is 44.5 Å². The van der Waals surface area contributed by atoms with Crippen LogP contribution in [0.5, 0.6) is 0 Å². The Bertz CT molecular complexity index is 1110. The Kier molecular flexibility index (Phi) is 7.85. The molecule has 0 aliphatic heterocycles. The number of unbranched alkanes of at least 4 members (excludes halogenated alkanes) is 3. The number of hydrogen-bond donors (Lipinski definition) is 0. The molecule has 3 aromatic rings. The summed E-state index contributed by atoms with van der Waals surface area (Å²) in [6.45, 7) is 7.10. The molecule has 1 unspecified atom stereocenters. The summed E-state index contributed by atoms with van der Waals surface area (Å²) in [5, 5.41) is 1.02. The predicted molar refractivity (Wildman–Crippen MR) is 127 cm³/mol. The fourth-order valence-corrected chi connectivity index (χ4v) is 4.14. The number of amides is 1. The summed E-state index contributed by atoms with van der Waals surface area (Å²) in [4.78, 5) is 33.2. The molecule has 0 saturated carbocycles. The van der Waals surface area contributed by atoms with E-state index in [1.807, 2.05) is 44.2 Å². The summed E-state index contributed by atoms with van der Waals surface area (Å²) in [7, 11) is 0. The van der Waals surface area contributed by atoms with Gasteiger partial charge in [0.1, 0.15) is 5.82 Å². The lowest BCUT2D eigenvalue weighted by atomic mass is 10.1. The maximum Gasteiger partial charge on any atom is 0.261 e. The van der Waals surface area contributed by atoms with Crippen molar-refractivity contribution >= 4 is 28.4 Å². The van der Waals surface area contributed by atoms with Gasteiger partial charge < -0.3 is 4.90 Å². The molecule has 0 radical (unpaired) electrons. The number of rotatable bonds is 9. The minimum absolute atomic E-state index is 0.0777. The molecule has 1 heterocycles. The Labute approximate surface area is 188 Å². The second kappa shape index (κ2) is 10.6. The van der Waals surface area contributed by atoms with Gasteiger partial charge in [-0.2, -0.15) is 0 Å². The third-order valence-electron chi connectivity index (χ3n) is 5.67. The van der Waals surface area contributed by atoms with E-state index in [2.05, 4.69) is 6.92 Å². The molecule has 0 spiro atoms. The van der Waals surface area contributed by atoms with Crippen molar-refractivity contribution in [2.24, 2.45) is 0 Å². The van der Waals surface area contributed by atoms with Crippen molar-refractivity contribution in [2.45, 2.75) is 59.0 Å². The monoisotopic (exact) mass is 439 g/mol. The number of carbonyl (C=O) groups is 1. The predicted octanol–water partition coefficient (Wildman–Crippen LogP) is 5.85.